The smallest absolute Gasteiger partial charge is 0.280 e. The van der Waals surface area contributed by atoms with Crippen molar-refractivity contribution in [3.8, 4) is 0 Å². The lowest BCUT2D eigenvalue weighted by molar-refractivity contribution is 0.0972. The van der Waals surface area contributed by atoms with Crippen molar-refractivity contribution in [2.24, 2.45) is 22.4 Å². The SMILES string of the molecule is Cl.Cl.Cl.NCCN1CCC(CCCCN=C(N)NC(=O)c2nc(Cl)c(N)nc2N)CC1. The molecule has 1 saturated heterocycles. The third-order valence-electron chi connectivity index (χ3n) is 4.82. The Balaban J connectivity index is 0. The van der Waals surface area contributed by atoms with Gasteiger partial charge in [-0.1, -0.05) is 24.4 Å². The molecule has 2 heterocycles. The lowest BCUT2D eigenvalue weighted by Crippen LogP contribution is -2.38. The molecule has 1 fully saturated rings. The summed E-state index contributed by atoms with van der Waals surface area (Å²) in [6, 6.07) is 0. The summed E-state index contributed by atoms with van der Waals surface area (Å²) in [5.74, 6) is -0.00869. The molecule has 1 aliphatic rings. The van der Waals surface area contributed by atoms with Crippen LogP contribution in [0.3, 0.4) is 0 Å². The number of unbranched alkanes of at least 4 members (excludes halogenated alkanes) is 1. The summed E-state index contributed by atoms with van der Waals surface area (Å²) in [6.07, 6.45) is 5.64. The molecule has 9 N–H and O–H groups in total. The number of likely N-dealkylation sites (tertiary alicyclic amines) is 1. The zero-order valence-corrected chi connectivity index (χ0v) is 20.5. The van der Waals surface area contributed by atoms with Crippen LogP contribution in [0.2, 0.25) is 5.15 Å². The van der Waals surface area contributed by atoms with Crippen LogP contribution in [0.1, 0.15) is 42.6 Å². The number of guanidine groups is 1. The van der Waals surface area contributed by atoms with Crippen molar-refractivity contribution in [2.45, 2.75) is 32.1 Å². The minimum atomic E-state index is -0.627. The Kier molecular flexibility index (Phi) is 16.8. The Morgan fingerprint density at radius 1 is 1.13 bits per heavy atom. The predicted octanol–water partition coefficient (Wildman–Crippen LogP) is 1.45. The highest BCUT2D eigenvalue weighted by Gasteiger charge is 2.18. The molecule has 1 amide bonds. The molecule has 2 rings (SSSR count). The fourth-order valence-electron chi connectivity index (χ4n) is 3.25. The van der Waals surface area contributed by atoms with Gasteiger partial charge >= 0.3 is 0 Å². The van der Waals surface area contributed by atoms with Gasteiger partial charge in [0.1, 0.15) is 0 Å². The summed E-state index contributed by atoms with van der Waals surface area (Å²) in [5.41, 5.74) is 22.3. The van der Waals surface area contributed by atoms with Gasteiger partial charge in [0.05, 0.1) is 0 Å². The van der Waals surface area contributed by atoms with Gasteiger partial charge in [0, 0.05) is 19.6 Å². The van der Waals surface area contributed by atoms with Crippen LogP contribution in [0.25, 0.3) is 0 Å². The Morgan fingerprint density at radius 3 is 2.39 bits per heavy atom. The molecular weight excluding hydrogens is 488 g/mol. The third kappa shape index (κ3) is 10.7. The lowest BCUT2D eigenvalue weighted by Gasteiger charge is -2.31. The number of nitrogens with two attached hydrogens (primary N) is 4. The number of carbonyl (C=O) groups is 1. The number of aromatic nitrogens is 2. The van der Waals surface area contributed by atoms with Crippen molar-refractivity contribution in [3.63, 3.8) is 0 Å². The molecule has 0 aromatic carbocycles. The van der Waals surface area contributed by atoms with E-state index in [9.17, 15) is 4.79 Å². The van der Waals surface area contributed by atoms with Gasteiger partial charge in [-0.3, -0.25) is 15.1 Å². The molecule has 14 heteroatoms. The monoisotopic (exact) mass is 519 g/mol. The number of nitrogens with one attached hydrogen (secondary N) is 1. The number of hydrogen-bond donors (Lipinski definition) is 5. The molecule has 0 aliphatic carbocycles. The van der Waals surface area contributed by atoms with Crippen LogP contribution in [0.4, 0.5) is 11.6 Å². The van der Waals surface area contributed by atoms with E-state index in [0.29, 0.717) is 6.54 Å². The van der Waals surface area contributed by atoms with Crippen LogP contribution in [-0.2, 0) is 0 Å². The first kappa shape index (κ1) is 31.9. The molecule has 0 unspecified atom stereocenters. The summed E-state index contributed by atoms with van der Waals surface area (Å²) in [6.45, 7) is 4.54. The van der Waals surface area contributed by atoms with Crippen LogP contribution in [0, 0.1) is 5.92 Å². The zero-order chi connectivity index (χ0) is 20.5. The number of piperidine rings is 1. The average Bonchev–Trinajstić information content (AvgIpc) is 2.66. The van der Waals surface area contributed by atoms with Gasteiger partial charge in [-0.15, -0.1) is 37.2 Å². The Morgan fingerprint density at radius 2 is 1.77 bits per heavy atom. The second-order valence-electron chi connectivity index (χ2n) is 6.92. The molecule has 0 bridgehead atoms. The highest BCUT2D eigenvalue weighted by Crippen LogP contribution is 2.22. The van der Waals surface area contributed by atoms with E-state index in [2.05, 4.69) is 25.2 Å². The van der Waals surface area contributed by atoms with E-state index in [0.717, 1.165) is 44.9 Å². The van der Waals surface area contributed by atoms with E-state index < -0.39 is 5.91 Å². The molecule has 0 spiro atoms. The van der Waals surface area contributed by atoms with Crippen molar-refractivity contribution < 1.29 is 4.79 Å². The van der Waals surface area contributed by atoms with Crippen LogP contribution in [-0.4, -0.2) is 59.5 Å². The van der Waals surface area contributed by atoms with Crippen LogP contribution < -0.4 is 28.3 Å². The fraction of sp³-hybridized carbons (Fsp3) is 0.647. The molecule has 180 valence electrons. The Bertz CT molecular complexity index is 700. The van der Waals surface area contributed by atoms with Gasteiger partial charge in [0.25, 0.3) is 5.91 Å². The predicted molar refractivity (Wildman–Crippen MR) is 134 cm³/mol. The minimum absolute atomic E-state index is 0. The number of anilines is 2. The summed E-state index contributed by atoms with van der Waals surface area (Å²) >= 11 is 5.77. The van der Waals surface area contributed by atoms with Gasteiger partial charge in [0.2, 0.25) is 0 Å². The second kappa shape index (κ2) is 16.3. The molecular formula is C17H33Cl4N9O. The van der Waals surface area contributed by atoms with Crippen molar-refractivity contribution in [1.29, 1.82) is 0 Å². The lowest BCUT2D eigenvalue weighted by atomic mass is 9.91. The number of hydrogen-bond acceptors (Lipinski definition) is 8. The van der Waals surface area contributed by atoms with Crippen LogP contribution >= 0.6 is 48.8 Å². The Labute approximate surface area is 206 Å². The van der Waals surface area contributed by atoms with Gasteiger partial charge in [-0.05, 0) is 38.3 Å². The van der Waals surface area contributed by atoms with Crippen molar-refractivity contribution in [3.05, 3.63) is 10.8 Å². The number of nitrogens with zero attached hydrogens (tertiary/aromatic N) is 4. The minimum Gasteiger partial charge on any atom is -0.382 e. The van der Waals surface area contributed by atoms with Crippen LogP contribution in [0.5, 0.6) is 0 Å². The average molecular weight is 521 g/mol. The van der Waals surface area contributed by atoms with E-state index >= 15 is 0 Å². The maximum atomic E-state index is 12.1. The first-order valence-corrected chi connectivity index (χ1v) is 9.90. The van der Waals surface area contributed by atoms with E-state index in [1.165, 1.54) is 19.3 Å². The quantitative estimate of drug-likeness (QED) is 0.194. The normalized spacial score (nSPS) is 14.7. The molecule has 1 aromatic rings. The largest absolute Gasteiger partial charge is 0.382 e. The zero-order valence-electron chi connectivity index (χ0n) is 17.3. The maximum Gasteiger partial charge on any atom is 0.280 e. The molecule has 31 heavy (non-hydrogen) atoms. The molecule has 1 aromatic heterocycles. The molecule has 0 saturated carbocycles. The van der Waals surface area contributed by atoms with E-state index in [1.54, 1.807) is 0 Å². The van der Waals surface area contributed by atoms with E-state index in [-0.39, 0.29) is 65.7 Å². The summed E-state index contributed by atoms with van der Waals surface area (Å²) in [7, 11) is 0. The molecule has 10 nitrogen and oxygen atoms in total. The summed E-state index contributed by atoms with van der Waals surface area (Å²) < 4.78 is 0. The molecule has 0 atom stereocenters. The van der Waals surface area contributed by atoms with Crippen molar-refractivity contribution in [1.82, 2.24) is 20.2 Å². The summed E-state index contributed by atoms with van der Waals surface area (Å²) in [5, 5.41) is 2.34. The highest BCUT2D eigenvalue weighted by molar-refractivity contribution is 6.31. The molecule has 0 radical (unpaired) electrons. The standard InChI is InChI=1S/C17H30ClN9O.3ClH/c18-13-15(21)25-14(20)12(24-13)16(28)26-17(22)23-7-2-1-3-11-4-8-27(9-5-11)10-6-19;;;/h11H,1-10,19H2,(H4,20,21,25)(H3,22,23,26,28);3*1H. The third-order valence-corrected chi connectivity index (χ3v) is 5.09. The summed E-state index contributed by atoms with van der Waals surface area (Å²) in [4.78, 5) is 26.3. The maximum absolute atomic E-state index is 12.1. The van der Waals surface area contributed by atoms with Crippen molar-refractivity contribution >= 4 is 72.3 Å². The van der Waals surface area contributed by atoms with E-state index in [4.69, 9.17) is 34.5 Å². The number of amides is 1. The molecule has 1 aliphatic heterocycles. The highest BCUT2D eigenvalue weighted by atomic mass is 35.5. The van der Waals surface area contributed by atoms with Gasteiger partial charge in [0.15, 0.2) is 28.4 Å². The second-order valence-corrected chi connectivity index (χ2v) is 7.28. The van der Waals surface area contributed by atoms with Gasteiger partial charge in [-0.2, -0.15) is 0 Å². The number of carbonyl (C=O) groups excluding carboxylic acids is 1. The van der Waals surface area contributed by atoms with Gasteiger partial charge in [-0.25, -0.2) is 9.97 Å². The van der Waals surface area contributed by atoms with Crippen LogP contribution in [0.15, 0.2) is 4.99 Å². The fourth-order valence-corrected chi connectivity index (χ4v) is 3.38. The number of halogens is 4. The number of rotatable bonds is 8. The first-order chi connectivity index (χ1) is 13.4. The topological polar surface area (TPSA) is 175 Å². The van der Waals surface area contributed by atoms with E-state index in [1.807, 2.05) is 0 Å². The van der Waals surface area contributed by atoms with Crippen molar-refractivity contribution in [2.75, 3.05) is 44.2 Å². The number of aliphatic imine (C=N–C) groups is 1. The Hall–Kier alpha value is -1.30. The van der Waals surface area contributed by atoms with Gasteiger partial charge < -0.3 is 27.8 Å². The first-order valence-electron chi connectivity index (χ1n) is 9.53. The number of nitrogen functional groups attached to an aromatic ring is 2.